The van der Waals surface area contributed by atoms with Crippen LogP contribution in [0.1, 0.15) is 24.2 Å². The fourth-order valence-electron chi connectivity index (χ4n) is 1.23. The van der Waals surface area contributed by atoms with E-state index < -0.39 is 17.8 Å². The number of primary amides is 1. The quantitative estimate of drug-likeness (QED) is 0.763. The van der Waals surface area contributed by atoms with Gasteiger partial charge < -0.3 is 16.4 Å². The zero-order valence-electron chi connectivity index (χ0n) is 10.3. The van der Waals surface area contributed by atoms with Gasteiger partial charge in [-0.2, -0.15) is 0 Å². The number of carbonyl (C=O) groups excluding carboxylic acids is 2. The smallest absolute Gasteiger partial charge is 0.319 e. The minimum atomic E-state index is -0.718. The van der Waals surface area contributed by atoms with Gasteiger partial charge in [0.25, 0.3) is 0 Å². The zero-order chi connectivity index (χ0) is 13.7. The van der Waals surface area contributed by atoms with Gasteiger partial charge in [-0.3, -0.25) is 4.79 Å². The van der Waals surface area contributed by atoms with E-state index in [9.17, 15) is 14.0 Å². The number of carbonyl (C=O) groups is 2. The van der Waals surface area contributed by atoms with E-state index in [4.69, 9.17) is 5.73 Å². The fourth-order valence-corrected chi connectivity index (χ4v) is 1.23. The van der Waals surface area contributed by atoms with Crippen LogP contribution in [-0.4, -0.2) is 18.5 Å². The number of halogens is 1. The molecule has 1 aromatic rings. The van der Waals surface area contributed by atoms with Crippen molar-refractivity contribution in [2.45, 2.75) is 13.8 Å². The van der Waals surface area contributed by atoms with E-state index in [1.165, 1.54) is 12.1 Å². The lowest BCUT2D eigenvalue weighted by Crippen LogP contribution is -2.32. The molecule has 0 saturated carbocycles. The molecule has 5 nitrogen and oxygen atoms in total. The molecule has 6 heteroatoms. The Morgan fingerprint density at radius 3 is 2.56 bits per heavy atom. The average molecular weight is 253 g/mol. The topological polar surface area (TPSA) is 84.2 Å². The third-order valence-electron chi connectivity index (χ3n) is 2.17. The number of amides is 3. The lowest BCUT2D eigenvalue weighted by molar-refractivity contribution is 0.1000. The lowest BCUT2D eigenvalue weighted by atomic mass is 10.2. The van der Waals surface area contributed by atoms with Crippen LogP contribution in [0.25, 0.3) is 0 Å². The van der Waals surface area contributed by atoms with Crippen molar-refractivity contribution in [2.75, 3.05) is 11.9 Å². The number of hydrogen-bond acceptors (Lipinski definition) is 2. The van der Waals surface area contributed by atoms with Gasteiger partial charge >= 0.3 is 6.03 Å². The third-order valence-corrected chi connectivity index (χ3v) is 2.17. The highest BCUT2D eigenvalue weighted by Gasteiger charge is 2.09. The number of rotatable bonds is 4. The normalized spacial score (nSPS) is 10.2. The lowest BCUT2D eigenvalue weighted by Gasteiger charge is -2.10. The van der Waals surface area contributed by atoms with Crippen LogP contribution in [0.5, 0.6) is 0 Å². The van der Waals surface area contributed by atoms with Crippen molar-refractivity contribution in [3.05, 3.63) is 29.6 Å². The van der Waals surface area contributed by atoms with E-state index in [0.29, 0.717) is 12.5 Å². The largest absolute Gasteiger partial charge is 0.366 e. The molecule has 0 aliphatic heterocycles. The molecule has 98 valence electrons. The highest BCUT2D eigenvalue weighted by Crippen LogP contribution is 2.15. The molecule has 18 heavy (non-hydrogen) atoms. The van der Waals surface area contributed by atoms with Gasteiger partial charge in [0.05, 0.1) is 5.69 Å². The molecular weight excluding hydrogens is 237 g/mol. The first kappa shape index (κ1) is 14.0. The summed E-state index contributed by atoms with van der Waals surface area (Å²) >= 11 is 0. The van der Waals surface area contributed by atoms with Crippen molar-refractivity contribution in [3.63, 3.8) is 0 Å². The maximum atomic E-state index is 13.5. The van der Waals surface area contributed by atoms with Crippen molar-refractivity contribution < 1.29 is 14.0 Å². The summed E-state index contributed by atoms with van der Waals surface area (Å²) in [4.78, 5) is 22.2. The summed E-state index contributed by atoms with van der Waals surface area (Å²) < 4.78 is 13.5. The Morgan fingerprint density at radius 2 is 2.06 bits per heavy atom. The summed E-state index contributed by atoms with van der Waals surface area (Å²) in [6.45, 7) is 4.39. The van der Waals surface area contributed by atoms with Crippen LogP contribution in [0.15, 0.2) is 18.2 Å². The van der Waals surface area contributed by atoms with E-state index in [-0.39, 0.29) is 11.3 Å². The minimum Gasteiger partial charge on any atom is -0.366 e. The molecule has 4 N–H and O–H groups in total. The number of nitrogens with one attached hydrogen (secondary N) is 2. The second kappa shape index (κ2) is 6.00. The van der Waals surface area contributed by atoms with Gasteiger partial charge in [0.1, 0.15) is 5.82 Å². The number of benzene rings is 1. The molecule has 0 bridgehead atoms. The standard InChI is InChI=1S/C12H16FN3O2/c1-7(2)6-15-12(18)16-10-4-3-8(11(14)17)5-9(10)13/h3-5,7H,6H2,1-2H3,(H2,14,17)(H2,15,16,18). The minimum absolute atomic E-state index is 0.00116. The Labute approximate surface area is 105 Å². The molecule has 0 aliphatic carbocycles. The van der Waals surface area contributed by atoms with Gasteiger partial charge in [0.2, 0.25) is 5.91 Å². The first-order valence-corrected chi connectivity index (χ1v) is 5.54. The van der Waals surface area contributed by atoms with Crippen LogP contribution in [-0.2, 0) is 0 Å². The van der Waals surface area contributed by atoms with E-state index in [1.54, 1.807) is 0 Å². The molecule has 0 spiro atoms. The number of anilines is 1. The van der Waals surface area contributed by atoms with Crippen molar-refractivity contribution in [3.8, 4) is 0 Å². The van der Waals surface area contributed by atoms with Crippen LogP contribution < -0.4 is 16.4 Å². The van der Waals surface area contributed by atoms with Gasteiger partial charge in [0.15, 0.2) is 0 Å². The highest BCUT2D eigenvalue weighted by molar-refractivity contribution is 5.94. The molecule has 0 heterocycles. The highest BCUT2D eigenvalue weighted by atomic mass is 19.1. The third kappa shape index (κ3) is 4.04. The number of nitrogens with two attached hydrogens (primary N) is 1. The molecular formula is C12H16FN3O2. The maximum Gasteiger partial charge on any atom is 0.319 e. The molecule has 0 radical (unpaired) electrons. The molecule has 0 aromatic heterocycles. The predicted octanol–water partition coefficient (Wildman–Crippen LogP) is 1.70. The monoisotopic (exact) mass is 253 g/mol. The summed E-state index contributed by atoms with van der Waals surface area (Å²) in [5, 5.41) is 4.94. The summed E-state index contributed by atoms with van der Waals surface area (Å²) in [5.74, 6) is -1.12. The van der Waals surface area contributed by atoms with E-state index in [0.717, 1.165) is 6.07 Å². The SMILES string of the molecule is CC(C)CNC(=O)Nc1ccc(C(N)=O)cc1F. The molecule has 3 amide bonds. The summed E-state index contributed by atoms with van der Waals surface area (Å²) in [6.07, 6.45) is 0. The zero-order valence-corrected chi connectivity index (χ0v) is 10.3. The van der Waals surface area contributed by atoms with E-state index >= 15 is 0 Å². The fraction of sp³-hybridized carbons (Fsp3) is 0.333. The second-order valence-corrected chi connectivity index (χ2v) is 4.29. The summed E-state index contributed by atoms with van der Waals surface area (Å²) in [6, 6.07) is 3.14. The van der Waals surface area contributed by atoms with Crippen LogP contribution in [0.2, 0.25) is 0 Å². The van der Waals surface area contributed by atoms with Crippen LogP contribution in [0.4, 0.5) is 14.9 Å². The Morgan fingerprint density at radius 1 is 1.39 bits per heavy atom. The van der Waals surface area contributed by atoms with Crippen molar-refractivity contribution in [1.82, 2.24) is 5.32 Å². The average Bonchev–Trinajstić information content (AvgIpc) is 2.29. The van der Waals surface area contributed by atoms with E-state index in [1.807, 2.05) is 13.8 Å². The van der Waals surface area contributed by atoms with Gasteiger partial charge in [-0.1, -0.05) is 13.8 Å². The maximum absolute atomic E-state index is 13.5. The molecule has 0 unspecified atom stereocenters. The molecule has 0 atom stereocenters. The Balaban J connectivity index is 2.68. The molecule has 0 fully saturated rings. The number of hydrogen-bond donors (Lipinski definition) is 3. The van der Waals surface area contributed by atoms with Crippen molar-refractivity contribution >= 4 is 17.6 Å². The first-order valence-electron chi connectivity index (χ1n) is 5.54. The van der Waals surface area contributed by atoms with Crippen LogP contribution in [0.3, 0.4) is 0 Å². The van der Waals surface area contributed by atoms with E-state index in [2.05, 4.69) is 10.6 Å². The molecule has 0 saturated heterocycles. The Hall–Kier alpha value is -2.11. The second-order valence-electron chi connectivity index (χ2n) is 4.29. The van der Waals surface area contributed by atoms with Gasteiger partial charge in [-0.25, -0.2) is 9.18 Å². The Kier molecular flexibility index (Phi) is 4.65. The first-order chi connectivity index (χ1) is 8.40. The summed E-state index contributed by atoms with van der Waals surface area (Å²) in [7, 11) is 0. The van der Waals surface area contributed by atoms with Crippen LogP contribution >= 0.6 is 0 Å². The van der Waals surface area contributed by atoms with Crippen LogP contribution in [0, 0.1) is 11.7 Å². The van der Waals surface area contributed by atoms with Gasteiger partial charge in [0, 0.05) is 12.1 Å². The van der Waals surface area contributed by atoms with Crippen molar-refractivity contribution in [1.29, 1.82) is 0 Å². The molecule has 0 aliphatic rings. The molecule has 1 rings (SSSR count). The Bertz CT molecular complexity index is 461. The van der Waals surface area contributed by atoms with Crippen molar-refractivity contribution in [2.24, 2.45) is 11.7 Å². The summed E-state index contributed by atoms with van der Waals surface area (Å²) in [5.41, 5.74) is 5.07. The van der Waals surface area contributed by atoms with Gasteiger partial charge in [-0.15, -0.1) is 0 Å². The molecule has 1 aromatic carbocycles. The number of urea groups is 1. The predicted molar refractivity (Wildman–Crippen MR) is 66.8 cm³/mol. The van der Waals surface area contributed by atoms with Gasteiger partial charge in [-0.05, 0) is 24.1 Å².